The SMILES string of the molecule is COc1cc(/C=C(/NC(=O)c2ccccc2)C(=O)Nc2cccc(SCC(=O)Nc3cccc(Cl)c3Cl)c2)cc(OC)c1OC. The first-order chi connectivity index (χ1) is 21.7. The second-order valence-corrected chi connectivity index (χ2v) is 11.1. The average molecular weight is 667 g/mol. The third-order valence-corrected chi connectivity index (χ3v) is 8.03. The van der Waals surface area contributed by atoms with E-state index in [4.69, 9.17) is 37.4 Å². The van der Waals surface area contributed by atoms with Gasteiger partial charge < -0.3 is 30.2 Å². The van der Waals surface area contributed by atoms with Crippen molar-refractivity contribution >= 4 is 70.1 Å². The lowest BCUT2D eigenvalue weighted by Crippen LogP contribution is -2.30. The molecule has 0 aromatic heterocycles. The molecule has 0 atom stereocenters. The Bertz CT molecular complexity index is 1710. The molecule has 4 aromatic rings. The minimum atomic E-state index is -0.580. The number of halogens is 2. The molecule has 3 amide bonds. The van der Waals surface area contributed by atoms with Crippen LogP contribution in [0.2, 0.25) is 10.0 Å². The fourth-order valence-electron chi connectivity index (χ4n) is 4.09. The fourth-order valence-corrected chi connectivity index (χ4v) is 5.19. The number of thioether (sulfide) groups is 1. The summed E-state index contributed by atoms with van der Waals surface area (Å²) in [4.78, 5) is 39.9. The molecule has 0 bridgehead atoms. The van der Waals surface area contributed by atoms with Crippen LogP contribution in [0.25, 0.3) is 6.08 Å². The zero-order valence-electron chi connectivity index (χ0n) is 24.5. The Morgan fingerprint density at radius 3 is 2.16 bits per heavy atom. The largest absolute Gasteiger partial charge is 0.493 e. The van der Waals surface area contributed by atoms with Gasteiger partial charge in [-0.2, -0.15) is 0 Å². The van der Waals surface area contributed by atoms with Gasteiger partial charge in [-0.1, -0.05) is 53.5 Å². The summed E-state index contributed by atoms with van der Waals surface area (Å²) < 4.78 is 16.3. The van der Waals surface area contributed by atoms with Gasteiger partial charge in [0.15, 0.2) is 11.5 Å². The molecule has 0 aliphatic rings. The number of benzene rings is 4. The van der Waals surface area contributed by atoms with Gasteiger partial charge in [0, 0.05) is 16.1 Å². The highest BCUT2D eigenvalue weighted by atomic mass is 35.5. The van der Waals surface area contributed by atoms with Crippen molar-refractivity contribution in [3.8, 4) is 17.2 Å². The van der Waals surface area contributed by atoms with Crippen molar-refractivity contribution in [1.29, 1.82) is 0 Å². The number of hydrogen-bond acceptors (Lipinski definition) is 7. The quantitative estimate of drug-likeness (QED) is 0.109. The van der Waals surface area contributed by atoms with Crippen molar-refractivity contribution in [2.75, 3.05) is 37.7 Å². The van der Waals surface area contributed by atoms with Crippen LogP contribution in [-0.4, -0.2) is 44.8 Å². The van der Waals surface area contributed by atoms with Crippen LogP contribution in [0.1, 0.15) is 15.9 Å². The van der Waals surface area contributed by atoms with Crippen LogP contribution < -0.4 is 30.2 Å². The lowest BCUT2D eigenvalue weighted by atomic mass is 10.1. The molecule has 0 aliphatic heterocycles. The summed E-state index contributed by atoms with van der Waals surface area (Å²) in [6.45, 7) is 0. The van der Waals surface area contributed by atoms with Crippen LogP contribution in [-0.2, 0) is 9.59 Å². The van der Waals surface area contributed by atoms with E-state index in [9.17, 15) is 14.4 Å². The van der Waals surface area contributed by atoms with Gasteiger partial charge in [-0.25, -0.2) is 0 Å². The number of carbonyl (C=O) groups excluding carboxylic acids is 3. The second-order valence-electron chi connectivity index (χ2n) is 9.26. The molecule has 0 aliphatic carbocycles. The van der Waals surface area contributed by atoms with Crippen LogP contribution in [0.3, 0.4) is 0 Å². The summed E-state index contributed by atoms with van der Waals surface area (Å²) in [5.41, 5.74) is 1.72. The van der Waals surface area contributed by atoms with Crippen LogP contribution >= 0.6 is 35.0 Å². The van der Waals surface area contributed by atoms with E-state index in [1.54, 1.807) is 78.9 Å². The van der Waals surface area contributed by atoms with E-state index in [1.807, 2.05) is 6.07 Å². The van der Waals surface area contributed by atoms with E-state index in [2.05, 4.69) is 16.0 Å². The molecule has 0 spiro atoms. The van der Waals surface area contributed by atoms with Gasteiger partial charge in [0.05, 0.1) is 42.8 Å². The van der Waals surface area contributed by atoms with E-state index in [0.717, 1.165) is 4.90 Å². The van der Waals surface area contributed by atoms with Gasteiger partial charge in [-0.05, 0) is 66.2 Å². The number of nitrogens with one attached hydrogen (secondary N) is 3. The number of ether oxygens (including phenoxy) is 3. The highest BCUT2D eigenvalue weighted by molar-refractivity contribution is 8.00. The molecule has 4 rings (SSSR count). The Morgan fingerprint density at radius 1 is 0.800 bits per heavy atom. The Labute approximate surface area is 274 Å². The first-order valence-electron chi connectivity index (χ1n) is 13.4. The van der Waals surface area contributed by atoms with Gasteiger partial charge in [0.1, 0.15) is 5.70 Å². The maximum absolute atomic E-state index is 13.6. The van der Waals surface area contributed by atoms with Gasteiger partial charge in [-0.15, -0.1) is 11.8 Å². The summed E-state index contributed by atoms with van der Waals surface area (Å²) in [7, 11) is 4.45. The molecule has 3 N–H and O–H groups in total. The van der Waals surface area contributed by atoms with Crippen molar-refractivity contribution < 1.29 is 28.6 Å². The molecule has 0 fully saturated rings. The number of anilines is 2. The Hall–Kier alpha value is -4.64. The lowest BCUT2D eigenvalue weighted by molar-refractivity contribution is -0.114. The smallest absolute Gasteiger partial charge is 0.272 e. The zero-order chi connectivity index (χ0) is 32.3. The number of methoxy groups -OCH3 is 3. The summed E-state index contributed by atoms with van der Waals surface area (Å²) >= 11 is 13.5. The Morgan fingerprint density at radius 2 is 1.49 bits per heavy atom. The number of hydrogen-bond donors (Lipinski definition) is 3. The molecule has 0 saturated heterocycles. The van der Waals surface area contributed by atoms with E-state index >= 15 is 0 Å². The zero-order valence-corrected chi connectivity index (χ0v) is 26.8. The summed E-state index contributed by atoms with van der Waals surface area (Å²) in [5, 5.41) is 8.88. The van der Waals surface area contributed by atoms with Gasteiger partial charge in [0.25, 0.3) is 11.8 Å². The molecule has 45 heavy (non-hydrogen) atoms. The first kappa shape index (κ1) is 33.3. The molecule has 4 aromatic carbocycles. The minimum absolute atomic E-state index is 0.0334. The van der Waals surface area contributed by atoms with Gasteiger partial charge in [-0.3, -0.25) is 14.4 Å². The monoisotopic (exact) mass is 665 g/mol. The summed E-state index contributed by atoms with van der Waals surface area (Å²) in [6.07, 6.45) is 1.50. The average Bonchev–Trinajstić information content (AvgIpc) is 3.05. The summed E-state index contributed by atoms with van der Waals surface area (Å²) in [5.74, 6) is -0.108. The number of carbonyl (C=O) groups is 3. The van der Waals surface area contributed by atoms with Crippen molar-refractivity contribution in [3.05, 3.63) is 112 Å². The highest BCUT2D eigenvalue weighted by Crippen LogP contribution is 2.38. The third-order valence-electron chi connectivity index (χ3n) is 6.21. The molecule has 9 nitrogen and oxygen atoms in total. The fraction of sp³-hybridized carbons (Fsp3) is 0.121. The van der Waals surface area contributed by atoms with E-state index in [-0.39, 0.29) is 22.4 Å². The van der Waals surface area contributed by atoms with Gasteiger partial charge >= 0.3 is 0 Å². The van der Waals surface area contributed by atoms with Crippen LogP contribution in [0.5, 0.6) is 17.2 Å². The molecule has 0 saturated carbocycles. The topological polar surface area (TPSA) is 115 Å². The molecular weight excluding hydrogens is 637 g/mol. The second kappa shape index (κ2) is 15.9. The first-order valence-corrected chi connectivity index (χ1v) is 15.1. The molecule has 0 unspecified atom stereocenters. The Balaban J connectivity index is 1.54. The standard InChI is InChI=1S/C33H29Cl2N3O6S/c1-42-27-16-20(17-28(43-2)31(27)44-3)15-26(38-32(40)21-9-5-4-6-10-21)33(41)36-22-11-7-12-23(18-22)45-19-29(39)37-25-14-8-13-24(34)30(25)35/h4-18H,19H2,1-3H3,(H,36,41)(H,37,39)(H,38,40)/b26-15+. The van der Waals surface area contributed by atoms with Crippen LogP contribution in [0.4, 0.5) is 11.4 Å². The lowest BCUT2D eigenvalue weighted by Gasteiger charge is -2.15. The minimum Gasteiger partial charge on any atom is -0.493 e. The normalized spacial score (nSPS) is 10.9. The number of rotatable bonds is 12. The maximum atomic E-state index is 13.6. The van der Waals surface area contributed by atoms with Crippen molar-refractivity contribution in [3.63, 3.8) is 0 Å². The van der Waals surface area contributed by atoms with Crippen molar-refractivity contribution in [2.45, 2.75) is 4.90 Å². The number of amides is 3. The maximum Gasteiger partial charge on any atom is 0.272 e. The van der Waals surface area contributed by atoms with Crippen molar-refractivity contribution in [1.82, 2.24) is 5.32 Å². The summed E-state index contributed by atoms with van der Waals surface area (Å²) in [6, 6.07) is 23.8. The molecule has 232 valence electrons. The van der Waals surface area contributed by atoms with Crippen molar-refractivity contribution in [2.24, 2.45) is 0 Å². The molecule has 0 radical (unpaired) electrons. The highest BCUT2D eigenvalue weighted by Gasteiger charge is 2.18. The predicted octanol–water partition coefficient (Wildman–Crippen LogP) is 7.16. The molecular formula is C33H29Cl2N3O6S. The van der Waals surface area contributed by atoms with E-state index in [1.165, 1.54) is 39.2 Å². The van der Waals surface area contributed by atoms with Crippen LogP contribution in [0, 0.1) is 0 Å². The molecule has 12 heteroatoms. The van der Waals surface area contributed by atoms with E-state index < -0.39 is 11.8 Å². The van der Waals surface area contributed by atoms with Crippen LogP contribution in [0.15, 0.2) is 95.5 Å². The predicted molar refractivity (Wildman–Crippen MR) is 179 cm³/mol. The third kappa shape index (κ3) is 8.95. The van der Waals surface area contributed by atoms with E-state index in [0.29, 0.717) is 44.8 Å². The Kier molecular flexibility index (Phi) is 11.7. The molecule has 0 heterocycles. The van der Waals surface area contributed by atoms with Gasteiger partial charge in [0.2, 0.25) is 11.7 Å².